The third kappa shape index (κ3) is 3.51. The first-order valence-corrected chi connectivity index (χ1v) is 7.44. The number of nitrogens with one attached hydrogen (secondary N) is 1. The molecule has 5 nitrogen and oxygen atoms in total. The number of carbonyl (C=O) groups is 1. The van der Waals surface area contributed by atoms with Crippen LogP contribution in [0.4, 0.5) is 0 Å². The van der Waals surface area contributed by atoms with Gasteiger partial charge in [0.25, 0.3) is 0 Å². The van der Waals surface area contributed by atoms with Crippen LogP contribution in [-0.2, 0) is 4.79 Å². The summed E-state index contributed by atoms with van der Waals surface area (Å²) in [5.74, 6) is 0.647. The molecule has 2 atom stereocenters. The summed E-state index contributed by atoms with van der Waals surface area (Å²) in [6.45, 7) is 0. The number of hydrazone groups is 1. The normalized spacial score (nSPS) is 19.5. The first-order chi connectivity index (χ1) is 11.2. The minimum atomic E-state index is -0.0687. The lowest BCUT2D eigenvalue weighted by Gasteiger charge is -2.03. The van der Waals surface area contributed by atoms with Gasteiger partial charge in [0.05, 0.1) is 13.3 Å². The zero-order valence-electron chi connectivity index (χ0n) is 12.8. The Morgan fingerprint density at radius 1 is 1.30 bits per heavy atom. The summed E-state index contributed by atoms with van der Waals surface area (Å²) < 4.78 is 5.03. The molecular formula is C18H18N2O3. The monoisotopic (exact) mass is 310 g/mol. The Kier molecular flexibility index (Phi) is 4.28. The number of phenols is 1. The van der Waals surface area contributed by atoms with Gasteiger partial charge in [-0.1, -0.05) is 30.3 Å². The highest BCUT2D eigenvalue weighted by molar-refractivity contribution is 5.86. The van der Waals surface area contributed by atoms with Crippen molar-refractivity contribution in [1.29, 1.82) is 0 Å². The van der Waals surface area contributed by atoms with E-state index in [1.807, 2.05) is 30.3 Å². The number of nitrogens with zero attached hydrogens (tertiary/aromatic N) is 1. The van der Waals surface area contributed by atoms with Crippen LogP contribution in [0.3, 0.4) is 0 Å². The number of aromatic hydroxyl groups is 1. The molecule has 0 saturated heterocycles. The van der Waals surface area contributed by atoms with E-state index < -0.39 is 0 Å². The van der Waals surface area contributed by atoms with Crippen molar-refractivity contribution < 1.29 is 14.6 Å². The number of hydrogen-bond donors (Lipinski definition) is 2. The molecule has 0 radical (unpaired) electrons. The van der Waals surface area contributed by atoms with Gasteiger partial charge in [-0.2, -0.15) is 5.10 Å². The average Bonchev–Trinajstić information content (AvgIpc) is 3.38. The van der Waals surface area contributed by atoms with E-state index in [0.717, 1.165) is 12.0 Å². The van der Waals surface area contributed by atoms with Crippen LogP contribution in [0.5, 0.6) is 11.5 Å². The standard InChI is InChI=1S/C18H18N2O3/c1-23-17-9-12(7-8-16(17)21)11-19-20-18(22)15-10-14(15)13-5-3-2-4-6-13/h2-9,11,14-15,21H,10H2,1H3,(H,20,22)/b19-11-/t14-,15+/m1/s1. The van der Waals surface area contributed by atoms with Crippen molar-refractivity contribution in [2.24, 2.45) is 11.0 Å². The molecule has 0 heterocycles. The Morgan fingerprint density at radius 2 is 2.09 bits per heavy atom. The molecule has 0 aliphatic heterocycles. The molecule has 0 aromatic heterocycles. The van der Waals surface area contributed by atoms with Crippen molar-refractivity contribution >= 4 is 12.1 Å². The quantitative estimate of drug-likeness (QED) is 0.659. The lowest BCUT2D eigenvalue weighted by Crippen LogP contribution is -2.20. The predicted octanol–water partition coefficient (Wildman–Crippen LogP) is 2.65. The van der Waals surface area contributed by atoms with Gasteiger partial charge in [-0.15, -0.1) is 0 Å². The van der Waals surface area contributed by atoms with Crippen molar-refractivity contribution in [2.45, 2.75) is 12.3 Å². The van der Waals surface area contributed by atoms with E-state index in [0.29, 0.717) is 11.7 Å². The SMILES string of the molecule is COc1cc(/C=N\NC(=O)[C@H]2C[C@@H]2c2ccccc2)ccc1O. The molecule has 5 heteroatoms. The Balaban J connectivity index is 1.56. The van der Waals surface area contributed by atoms with Crippen LogP contribution in [-0.4, -0.2) is 24.3 Å². The molecule has 1 aliphatic rings. The molecule has 0 unspecified atom stereocenters. The number of phenolic OH excluding ortho intramolecular Hbond substituents is 1. The highest BCUT2D eigenvalue weighted by atomic mass is 16.5. The summed E-state index contributed by atoms with van der Waals surface area (Å²) in [5, 5.41) is 13.5. The van der Waals surface area contributed by atoms with Gasteiger partial charge in [0.1, 0.15) is 0 Å². The molecular weight excluding hydrogens is 292 g/mol. The fourth-order valence-corrected chi connectivity index (χ4v) is 2.58. The van der Waals surface area contributed by atoms with Crippen LogP contribution in [0.15, 0.2) is 53.6 Å². The minimum Gasteiger partial charge on any atom is -0.504 e. The molecule has 118 valence electrons. The van der Waals surface area contributed by atoms with Crippen molar-refractivity contribution in [3.63, 3.8) is 0 Å². The van der Waals surface area contributed by atoms with Gasteiger partial charge in [0, 0.05) is 5.92 Å². The zero-order chi connectivity index (χ0) is 16.2. The average molecular weight is 310 g/mol. The molecule has 23 heavy (non-hydrogen) atoms. The Morgan fingerprint density at radius 3 is 2.83 bits per heavy atom. The molecule has 1 amide bonds. The molecule has 0 spiro atoms. The van der Waals surface area contributed by atoms with Crippen LogP contribution < -0.4 is 10.2 Å². The van der Waals surface area contributed by atoms with E-state index in [1.165, 1.54) is 25.0 Å². The largest absolute Gasteiger partial charge is 0.504 e. The number of carbonyl (C=O) groups excluding carboxylic acids is 1. The summed E-state index contributed by atoms with van der Waals surface area (Å²) in [7, 11) is 1.48. The molecule has 1 aliphatic carbocycles. The van der Waals surface area contributed by atoms with Crippen LogP contribution in [0, 0.1) is 5.92 Å². The molecule has 0 bridgehead atoms. The van der Waals surface area contributed by atoms with Gasteiger partial charge in [-0.05, 0) is 41.7 Å². The fourth-order valence-electron chi connectivity index (χ4n) is 2.58. The van der Waals surface area contributed by atoms with Crippen molar-refractivity contribution in [3.8, 4) is 11.5 Å². The van der Waals surface area contributed by atoms with E-state index in [4.69, 9.17) is 4.74 Å². The third-order valence-electron chi connectivity index (χ3n) is 3.95. The van der Waals surface area contributed by atoms with Gasteiger partial charge in [-0.25, -0.2) is 5.43 Å². The highest BCUT2D eigenvalue weighted by Gasteiger charge is 2.43. The number of rotatable bonds is 5. The van der Waals surface area contributed by atoms with E-state index in [2.05, 4.69) is 10.5 Å². The smallest absolute Gasteiger partial charge is 0.243 e. The number of methoxy groups -OCH3 is 1. The lowest BCUT2D eigenvalue weighted by atomic mass is 10.1. The van der Waals surface area contributed by atoms with Crippen LogP contribution in [0.25, 0.3) is 0 Å². The second kappa shape index (κ2) is 6.52. The van der Waals surface area contributed by atoms with E-state index in [9.17, 15) is 9.90 Å². The predicted molar refractivity (Wildman–Crippen MR) is 87.7 cm³/mol. The number of benzene rings is 2. The summed E-state index contributed by atoms with van der Waals surface area (Å²) in [4.78, 5) is 12.1. The molecule has 3 rings (SSSR count). The number of amides is 1. The van der Waals surface area contributed by atoms with Crippen molar-refractivity contribution in [2.75, 3.05) is 7.11 Å². The Hall–Kier alpha value is -2.82. The van der Waals surface area contributed by atoms with Crippen molar-refractivity contribution in [1.82, 2.24) is 5.43 Å². The van der Waals surface area contributed by atoms with Crippen LogP contribution in [0.2, 0.25) is 0 Å². The van der Waals surface area contributed by atoms with Gasteiger partial charge in [-0.3, -0.25) is 4.79 Å². The second-order valence-corrected chi connectivity index (χ2v) is 5.52. The second-order valence-electron chi connectivity index (χ2n) is 5.52. The number of ether oxygens (including phenoxy) is 1. The maximum absolute atomic E-state index is 12.1. The minimum absolute atomic E-state index is 0.0103. The molecule has 2 aromatic carbocycles. The number of hydrogen-bond acceptors (Lipinski definition) is 4. The Labute approximate surface area is 134 Å². The summed E-state index contributed by atoms with van der Waals surface area (Å²) in [6, 6.07) is 14.9. The fraction of sp³-hybridized carbons (Fsp3) is 0.222. The molecule has 2 aromatic rings. The van der Waals surface area contributed by atoms with Gasteiger partial charge in [0.2, 0.25) is 5.91 Å². The van der Waals surface area contributed by atoms with Crippen LogP contribution in [0.1, 0.15) is 23.5 Å². The lowest BCUT2D eigenvalue weighted by molar-refractivity contribution is -0.122. The zero-order valence-corrected chi connectivity index (χ0v) is 12.8. The molecule has 1 saturated carbocycles. The van der Waals surface area contributed by atoms with Gasteiger partial charge >= 0.3 is 0 Å². The topological polar surface area (TPSA) is 70.9 Å². The van der Waals surface area contributed by atoms with Crippen molar-refractivity contribution in [3.05, 3.63) is 59.7 Å². The van der Waals surface area contributed by atoms with Gasteiger partial charge < -0.3 is 9.84 Å². The van der Waals surface area contributed by atoms with Crippen LogP contribution >= 0.6 is 0 Å². The van der Waals surface area contributed by atoms with Gasteiger partial charge in [0.15, 0.2) is 11.5 Å². The third-order valence-corrected chi connectivity index (χ3v) is 3.95. The molecule has 2 N–H and O–H groups in total. The Bertz CT molecular complexity index is 728. The summed E-state index contributed by atoms with van der Waals surface area (Å²) in [5.41, 5.74) is 4.50. The van der Waals surface area contributed by atoms with E-state index >= 15 is 0 Å². The first kappa shape index (κ1) is 15.1. The van der Waals surface area contributed by atoms with E-state index in [-0.39, 0.29) is 17.6 Å². The van der Waals surface area contributed by atoms with E-state index in [1.54, 1.807) is 12.1 Å². The highest BCUT2D eigenvalue weighted by Crippen LogP contribution is 2.47. The maximum atomic E-state index is 12.1. The summed E-state index contributed by atoms with van der Waals surface area (Å²) in [6.07, 6.45) is 2.39. The molecule has 1 fully saturated rings. The first-order valence-electron chi connectivity index (χ1n) is 7.44. The maximum Gasteiger partial charge on any atom is 0.243 e. The summed E-state index contributed by atoms with van der Waals surface area (Å²) >= 11 is 0.